The number of carbonyl (C=O) groups is 1. The first-order valence-electron chi connectivity index (χ1n) is 5.77. The monoisotopic (exact) mass is 258 g/mol. The third-order valence-corrected chi connectivity index (χ3v) is 6.04. The predicted octanol–water partition coefficient (Wildman–Crippen LogP) is 2.52. The molecule has 18 heavy (non-hydrogen) atoms. The summed E-state index contributed by atoms with van der Waals surface area (Å²) in [5, 5.41) is 1.22. The maximum atomic E-state index is 11.2. The van der Waals surface area contributed by atoms with Crippen LogP contribution in [0.4, 0.5) is 0 Å². The van der Waals surface area contributed by atoms with Gasteiger partial charge in [0, 0.05) is 6.08 Å². The Morgan fingerprint density at radius 1 is 1.33 bits per heavy atom. The molecule has 1 unspecified atom stereocenters. The smallest absolute Gasteiger partial charge is 0.329 e. The van der Waals surface area contributed by atoms with Crippen LogP contribution < -0.4 is 5.19 Å². The molecule has 1 aromatic rings. The molecular formula is C15H18O2Si. The standard InChI is InChI=1S/C15H18O2Si/c1-4-6-12-18(3,13-17-15(16)5-2)14-10-8-7-9-11-14/h4-12H,1-2,13H2,3H3/b12-6+. The molecule has 0 saturated carbocycles. The van der Waals surface area contributed by atoms with E-state index in [0.717, 1.165) is 0 Å². The fraction of sp³-hybridized carbons (Fsp3) is 0.133. The Morgan fingerprint density at radius 2 is 2.00 bits per heavy atom. The summed E-state index contributed by atoms with van der Waals surface area (Å²) < 4.78 is 5.23. The van der Waals surface area contributed by atoms with E-state index in [0.29, 0.717) is 6.23 Å². The average molecular weight is 258 g/mol. The van der Waals surface area contributed by atoms with E-state index in [1.54, 1.807) is 6.08 Å². The Bertz CT molecular complexity index is 451. The molecule has 3 heteroatoms. The molecule has 0 aliphatic heterocycles. The second kappa shape index (κ2) is 6.76. The Morgan fingerprint density at radius 3 is 2.56 bits per heavy atom. The largest absolute Gasteiger partial charge is 0.465 e. The molecule has 0 heterocycles. The Balaban J connectivity index is 2.95. The van der Waals surface area contributed by atoms with Gasteiger partial charge in [0.1, 0.15) is 8.07 Å². The van der Waals surface area contributed by atoms with Crippen LogP contribution in [-0.4, -0.2) is 20.3 Å². The van der Waals surface area contributed by atoms with Gasteiger partial charge in [-0.05, 0) is 0 Å². The van der Waals surface area contributed by atoms with Gasteiger partial charge in [0.2, 0.25) is 0 Å². The minimum atomic E-state index is -1.97. The number of ether oxygens (including phenoxy) is 1. The van der Waals surface area contributed by atoms with E-state index in [1.165, 1.54) is 11.3 Å². The highest BCUT2D eigenvalue weighted by Crippen LogP contribution is 2.07. The molecule has 1 aromatic carbocycles. The lowest BCUT2D eigenvalue weighted by atomic mass is 10.4. The molecular weight excluding hydrogens is 240 g/mol. The molecule has 0 spiro atoms. The Hall–Kier alpha value is -1.87. The van der Waals surface area contributed by atoms with Crippen LogP contribution in [0.2, 0.25) is 6.55 Å². The lowest BCUT2D eigenvalue weighted by molar-refractivity contribution is -0.135. The minimum Gasteiger partial charge on any atom is -0.465 e. The van der Waals surface area contributed by atoms with E-state index in [-0.39, 0.29) is 5.97 Å². The quantitative estimate of drug-likeness (QED) is 0.339. The highest BCUT2D eigenvalue weighted by atomic mass is 28.3. The van der Waals surface area contributed by atoms with E-state index in [4.69, 9.17) is 4.74 Å². The van der Waals surface area contributed by atoms with Gasteiger partial charge in [-0.15, -0.1) is 0 Å². The van der Waals surface area contributed by atoms with Crippen LogP contribution >= 0.6 is 0 Å². The van der Waals surface area contributed by atoms with Gasteiger partial charge in [-0.3, -0.25) is 0 Å². The summed E-state index contributed by atoms with van der Waals surface area (Å²) in [5.41, 5.74) is 2.12. The van der Waals surface area contributed by atoms with E-state index >= 15 is 0 Å². The summed E-state index contributed by atoms with van der Waals surface area (Å²) in [6, 6.07) is 10.1. The number of hydrogen-bond acceptors (Lipinski definition) is 2. The fourth-order valence-corrected chi connectivity index (χ4v) is 4.02. The van der Waals surface area contributed by atoms with Crippen molar-refractivity contribution in [3.8, 4) is 0 Å². The average Bonchev–Trinajstić information content (AvgIpc) is 2.43. The first-order valence-corrected chi connectivity index (χ1v) is 8.56. The highest BCUT2D eigenvalue weighted by Gasteiger charge is 2.28. The zero-order chi connectivity index (χ0) is 13.4. The van der Waals surface area contributed by atoms with Gasteiger partial charge < -0.3 is 4.74 Å². The maximum Gasteiger partial charge on any atom is 0.329 e. The zero-order valence-corrected chi connectivity index (χ0v) is 11.6. The van der Waals surface area contributed by atoms with Crippen LogP contribution in [0.5, 0.6) is 0 Å². The number of benzene rings is 1. The van der Waals surface area contributed by atoms with Gasteiger partial charge in [-0.25, -0.2) is 4.79 Å². The van der Waals surface area contributed by atoms with E-state index in [1.807, 2.05) is 24.3 Å². The number of rotatable bonds is 6. The maximum absolute atomic E-state index is 11.2. The molecule has 0 bridgehead atoms. The summed E-state index contributed by atoms with van der Waals surface area (Å²) in [6.07, 6.45) is 5.26. The van der Waals surface area contributed by atoms with Gasteiger partial charge >= 0.3 is 5.97 Å². The third-order valence-electron chi connectivity index (χ3n) is 2.71. The van der Waals surface area contributed by atoms with Crippen LogP contribution in [0.25, 0.3) is 0 Å². The molecule has 2 nitrogen and oxygen atoms in total. The summed E-state index contributed by atoms with van der Waals surface area (Å²) in [7, 11) is -1.97. The van der Waals surface area contributed by atoms with E-state index < -0.39 is 8.07 Å². The lowest BCUT2D eigenvalue weighted by Crippen LogP contribution is -2.48. The summed E-state index contributed by atoms with van der Waals surface area (Å²) in [6.45, 7) is 9.23. The first kappa shape index (κ1) is 14.2. The second-order valence-electron chi connectivity index (χ2n) is 4.19. The van der Waals surface area contributed by atoms with Crippen LogP contribution in [0.3, 0.4) is 0 Å². The van der Waals surface area contributed by atoms with Gasteiger partial charge in [-0.1, -0.05) is 73.1 Å². The number of carbonyl (C=O) groups excluding carboxylic acids is 1. The van der Waals surface area contributed by atoms with Crippen molar-refractivity contribution in [1.29, 1.82) is 0 Å². The van der Waals surface area contributed by atoms with Crippen molar-refractivity contribution >= 4 is 19.2 Å². The molecule has 0 radical (unpaired) electrons. The molecule has 94 valence electrons. The molecule has 1 rings (SSSR count). The van der Waals surface area contributed by atoms with E-state index in [2.05, 4.69) is 37.5 Å². The Kier molecular flexibility index (Phi) is 5.33. The lowest BCUT2D eigenvalue weighted by Gasteiger charge is -2.23. The minimum absolute atomic E-state index is 0.378. The van der Waals surface area contributed by atoms with Crippen molar-refractivity contribution in [2.75, 3.05) is 6.23 Å². The first-order chi connectivity index (χ1) is 8.62. The molecule has 0 amide bonds. The normalized spacial score (nSPS) is 13.8. The van der Waals surface area contributed by atoms with Crippen LogP contribution in [0, 0.1) is 0 Å². The van der Waals surface area contributed by atoms with Crippen LogP contribution in [0.1, 0.15) is 0 Å². The summed E-state index contributed by atoms with van der Waals surface area (Å²) >= 11 is 0. The van der Waals surface area contributed by atoms with Crippen molar-refractivity contribution in [1.82, 2.24) is 0 Å². The highest BCUT2D eigenvalue weighted by molar-refractivity contribution is 6.95. The van der Waals surface area contributed by atoms with Crippen molar-refractivity contribution in [2.45, 2.75) is 6.55 Å². The van der Waals surface area contributed by atoms with Crippen molar-refractivity contribution in [3.63, 3.8) is 0 Å². The van der Waals surface area contributed by atoms with Gasteiger partial charge in [-0.2, -0.15) is 0 Å². The molecule has 0 aromatic heterocycles. The number of hydrogen-bond donors (Lipinski definition) is 0. The third kappa shape index (κ3) is 3.86. The number of allylic oxidation sites excluding steroid dienone is 2. The van der Waals surface area contributed by atoms with Crippen LogP contribution in [-0.2, 0) is 9.53 Å². The van der Waals surface area contributed by atoms with Gasteiger partial charge in [0.15, 0.2) is 0 Å². The molecule has 0 aliphatic rings. The molecule has 0 aliphatic carbocycles. The molecule has 1 atom stereocenters. The van der Waals surface area contributed by atoms with E-state index in [9.17, 15) is 4.79 Å². The van der Waals surface area contributed by atoms with Crippen molar-refractivity contribution in [2.24, 2.45) is 0 Å². The SMILES string of the molecule is C=C/C=C/[Si](C)(COC(=O)C=C)c1ccccc1. The van der Waals surface area contributed by atoms with Crippen molar-refractivity contribution < 1.29 is 9.53 Å². The molecule has 0 N–H and O–H groups in total. The molecule has 0 fully saturated rings. The zero-order valence-electron chi connectivity index (χ0n) is 10.6. The predicted molar refractivity (Wildman–Crippen MR) is 78.2 cm³/mol. The number of esters is 1. The van der Waals surface area contributed by atoms with Gasteiger partial charge in [0.25, 0.3) is 0 Å². The second-order valence-corrected chi connectivity index (χ2v) is 8.22. The summed E-state index contributed by atoms with van der Waals surface area (Å²) in [5.74, 6) is -0.378. The van der Waals surface area contributed by atoms with Crippen LogP contribution in [0.15, 0.2) is 67.4 Å². The fourth-order valence-electron chi connectivity index (χ4n) is 1.61. The Labute approximate surface area is 109 Å². The summed E-state index contributed by atoms with van der Waals surface area (Å²) in [4.78, 5) is 11.2. The molecule has 0 saturated heterocycles. The topological polar surface area (TPSA) is 26.3 Å². The van der Waals surface area contributed by atoms with Crippen molar-refractivity contribution in [3.05, 3.63) is 67.4 Å². The van der Waals surface area contributed by atoms with Gasteiger partial charge in [0.05, 0.1) is 6.23 Å².